The third kappa shape index (κ3) is 2.80. The molecule has 1 saturated carbocycles. The minimum Gasteiger partial charge on any atom is -0.303 e. The molecule has 0 radical (unpaired) electrons. The SMILES string of the molecule is CC1(C)CC/C(=C/CCC=O)C1. The van der Waals surface area contributed by atoms with Crippen LogP contribution in [0, 0.1) is 5.41 Å². The first-order valence-corrected chi connectivity index (χ1v) is 4.76. The quantitative estimate of drug-likeness (QED) is 0.357. The monoisotopic (exact) mass is 166 g/mol. The molecular formula is C11H18O. The highest BCUT2D eigenvalue weighted by Gasteiger charge is 2.25. The lowest BCUT2D eigenvalue weighted by Gasteiger charge is -2.14. The number of allylic oxidation sites excluding steroid dienone is 2. The third-order valence-corrected chi connectivity index (χ3v) is 2.55. The van der Waals surface area contributed by atoms with Gasteiger partial charge in [0.05, 0.1) is 0 Å². The minimum atomic E-state index is 0.507. The van der Waals surface area contributed by atoms with Crippen LogP contribution in [0.2, 0.25) is 0 Å². The lowest BCUT2D eigenvalue weighted by Crippen LogP contribution is -2.02. The molecule has 0 aromatic carbocycles. The van der Waals surface area contributed by atoms with Crippen molar-refractivity contribution in [3.05, 3.63) is 11.6 Å². The first-order valence-electron chi connectivity index (χ1n) is 4.76. The highest BCUT2D eigenvalue weighted by atomic mass is 16.1. The van der Waals surface area contributed by atoms with Gasteiger partial charge in [0, 0.05) is 6.42 Å². The van der Waals surface area contributed by atoms with Gasteiger partial charge in [-0.2, -0.15) is 0 Å². The van der Waals surface area contributed by atoms with Crippen LogP contribution in [0.5, 0.6) is 0 Å². The number of hydrogen-bond donors (Lipinski definition) is 0. The highest BCUT2D eigenvalue weighted by molar-refractivity contribution is 5.49. The summed E-state index contributed by atoms with van der Waals surface area (Å²) in [5.74, 6) is 0. The van der Waals surface area contributed by atoms with Gasteiger partial charge in [0.25, 0.3) is 0 Å². The van der Waals surface area contributed by atoms with Crippen molar-refractivity contribution in [2.75, 3.05) is 0 Å². The summed E-state index contributed by atoms with van der Waals surface area (Å²) in [5.41, 5.74) is 2.06. The molecule has 12 heavy (non-hydrogen) atoms. The molecule has 1 aliphatic rings. The van der Waals surface area contributed by atoms with Crippen LogP contribution in [0.1, 0.15) is 46.0 Å². The van der Waals surface area contributed by atoms with Gasteiger partial charge in [0.2, 0.25) is 0 Å². The standard InChI is InChI=1S/C11H18O/c1-11(2)7-6-10(9-11)5-3-4-8-12/h5,8H,3-4,6-7,9H2,1-2H3/b10-5-. The second-order valence-electron chi connectivity index (χ2n) is 4.45. The van der Waals surface area contributed by atoms with Gasteiger partial charge in [-0.25, -0.2) is 0 Å². The Morgan fingerprint density at radius 2 is 2.17 bits per heavy atom. The fourth-order valence-corrected chi connectivity index (χ4v) is 1.82. The largest absolute Gasteiger partial charge is 0.303 e. The van der Waals surface area contributed by atoms with Crippen molar-refractivity contribution < 1.29 is 4.79 Å². The molecule has 1 heteroatoms. The van der Waals surface area contributed by atoms with E-state index in [1.165, 1.54) is 19.3 Å². The Morgan fingerprint density at radius 3 is 2.67 bits per heavy atom. The summed E-state index contributed by atoms with van der Waals surface area (Å²) in [4.78, 5) is 10.1. The Kier molecular flexibility index (Phi) is 3.07. The van der Waals surface area contributed by atoms with Gasteiger partial charge in [0.15, 0.2) is 0 Å². The summed E-state index contributed by atoms with van der Waals surface area (Å²) in [7, 11) is 0. The molecule has 1 aliphatic carbocycles. The predicted molar refractivity (Wildman–Crippen MR) is 51.0 cm³/mol. The minimum absolute atomic E-state index is 0.507. The maximum absolute atomic E-state index is 10.1. The third-order valence-electron chi connectivity index (χ3n) is 2.55. The van der Waals surface area contributed by atoms with Gasteiger partial charge in [-0.1, -0.05) is 25.5 Å². The smallest absolute Gasteiger partial charge is 0.120 e. The molecule has 0 saturated heterocycles. The van der Waals surface area contributed by atoms with Crippen LogP contribution in [0.4, 0.5) is 0 Å². The Bertz CT molecular complexity index is 189. The van der Waals surface area contributed by atoms with Crippen molar-refractivity contribution in [1.29, 1.82) is 0 Å². The van der Waals surface area contributed by atoms with Crippen molar-refractivity contribution in [2.45, 2.75) is 46.0 Å². The van der Waals surface area contributed by atoms with Crippen LogP contribution in [0.15, 0.2) is 11.6 Å². The Morgan fingerprint density at radius 1 is 1.42 bits per heavy atom. The van der Waals surface area contributed by atoms with E-state index < -0.39 is 0 Å². The van der Waals surface area contributed by atoms with Gasteiger partial charge in [-0.15, -0.1) is 0 Å². The summed E-state index contributed by atoms with van der Waals surface area (Å²) in [6, 6.07) is 0. The van der Waals surface area contributed by atoms with E-state index in [2.05, 4.69) is 19.9 Å². The summed E-state index contributed by atoms with van der Waals surface area (Å²) < 4.78 is 0. The number of hydrogen-bond acceptors (Lipinski definition) is 1. The molecule has 1 nitrogen and oxygen atoms in total. The van der Waals surface area contributed by atoms with Crippen molar-refractivity contribution in [2.24, 2.45) is 5.41 Å². The molecule has 0 aromatic rings. The van der Waals surface area contributed by atoms with Crippen LogP contribution >= 0.6 is 0 Å². The number of unbranched alkanes of at least 4 members (excludes halogenated alkanes) is 1. The van der Waals surface area contributed by atoms with E-state index in [0.717, 1.165) is 12.7 Å². The lowest BCUT2D eigenvalue weighted by molar-refractivity contribution is -0.107. The van der Waals surface area contributed by atoms with E-state index in [4.69, 9.17) is 0 Å². The zero-order valence-electron chi connectivity index (χ0n) is 8.10. The summed E-state index contributed by atoms with van der Waals surface area (Å²) >= 11 is 0. The maximum atomic E-state index is 10.1. The van der Waals surface area contributed by atoms with E-state index in [-0.39, 0.29) is 0 Å². The van der Waals surface area contributed by atoms with Gasteiger partial charge >= 0.3 is 0 Å². The van der Waals surface area contributed by atoms with Gasteiger partial charge in [-0.3, -0.25) is 0 Å². The first-order chi connectivity index (χ1) is 5.64. The molecule has 1 fully saturated rings. The summed E-state index contributed by atoms with van der Waals surface area (Å²) in [6.45, 7) is 4.63. The van der Waals surface area contributed by atoms with Crippen molar-refractivity contribution in [1.82, 2.24) is 0 Å². The van der Waals surface area contributed by atoms with Crippen LogP contribution in [-0.4, -0.2) is 6.29 Å². The molecule has 0 unspecified atom stereocenters. The fraction of sp³-hybridized carbons (Fsp3) is 0.727. The van der Waals surface area contributed by atoms with Gasteiger partial charge < -0.3 is 4.79 Å². The zero-order valence-corrected chi connectivity index (χ0v) is 8.10. The maximum Gasteiger partial charge on any atom is 0.120 e. The molecule has 0 atom stereocenters. The second-order valence-corrected chi connectivity index (χ2v) is 4.45. The normalized spacial score (nSPS) is 24.7. The molecule has 0 bridgehead atoms. The van der Waals surface area contributed by atoms with E-state index in [0.29, 0.717) is 11.8 Å². The Labute approximate surface area is 74.9 Å². The van der Waals surface area contributed by atoms with Crippen LogP contribution in [0.25, 0.3) is 0 Å². The molecule has 0 aromatic heterocycles. The van der Waals surface area contributed by atoms with E-state index in [1.54, 1.807) is 5.57 Å². The topological polar surface area (TPSA) is 17.1 Å². The summed E-state index contributed by atoms with van der Waals surface area (Å²) in [6.07, 6.45) is 8.65. The van der Waals surface area contributed by atoms with Crippen LogP contribution in [-0.2, 0) is 4.79 Å². The van der Waals surface area contributed by atoms with Crippen molar-refractivity contribution in [3.8, 4) is 0 Å². The van der Waals surface area contributed by atoms with E-state index in [1.807, 2.05) is 0 Å². The molecule has 1 rings (SSSR count). The van der Waals surface area contributed by atoms with Crippen LogP contribution < -0.4 is 0 Å². The van der Waals surface area contributed by atoms with E-state index in [9.17, 15) is 4.79 Å². The zero-order chi connectivity index (χ0) is 9.03. The first kappa shape index (κ1) is 9.50. The number of carbonyl (C=O) groups excluding carboxylic acids is 1. The highest BCUT2D eigenvalue weighted by Crippen LogP contribution is 2.40. The van der Waals surface area contributed by atoms with Gasteiger partial charge in [-0.05, 0) is 31.1 Å². The second kappa shape index (κ2) is 3.88. The Balaban J connectivity index is 2.35. The Hall–Kier alpha value is -0.590. The number of aldehydes is 1. The lowest BCUT2D eigenvalue weighted by atomic mass is 9.91. The average Bonchev–Trinajstić information content (AvgIpc) is 2.31. The molecule has 0 aliphatic heterocycles. The van der Waals surface area contributed by atoms with Crippen LogP contribution in [0.3, 0.4) is 0 Å². The molecule has 0 N–H and O–H groups in total. The molecule has 68 valence electrons. The number of carbonyl (C=O) groups is 1. The summed E-state index contributed by atoms with van der Waals surface area (Å²) in [5, 5.41) is 0. The molecular weight excluding hydrogens is 148 g/mol. The predicted octanol–water partition coefficient (Wildman–Crippen LogP) is 3.10. The van der Waals surface area contributed by atoms with Crippen molar-refractivity contribution in [3.63, 3.8) is 0 Å². The van der Waals surface area contributed by atoms with Crippen molar-refractivity contribution >= 4 is 6.29 Å². The molecule has 0 spiro atoms. The number of rotatable bonds is 3. The fourth-order valence-electron chi connectivity index (χ4n) is 1.82. The van der Waals surface area contributed by atoms with Gasteiger partial charge in [0.1, 0.15) is 6.29 Å². The van der Waals surface area contributed by atoms with E-state index >= 15 is 0 Å². The molecule has 0 amide bonds. The average molecular weight is 166 g/mol. The molecule has 0 heterocycles.